The molecule has 150 valence electrons. The monoisotopic (exact) mass is 407 g/mol. The van der Waals surface area contributed by atoms with Crippen LogP contribution in [0.15, 0.2) is 18.2 Å². The first-order valence-corrected chi connectivity index (χ1v) is 9.53. The largest absolute Gasteiger partial charge is 0.495 e. The molecule has 0 aromatic heterocycles. The second-order valence-electron chi connectivity index (χ2n) is 6.81. The van der Waals surface area contributed by atoms with Crippen molar-refractivity contribution in [3.63, 3.8) is 0 Å². The first-order valence-electron chi connectivity index (χ1n) is 9.15. The Morgan fingerprint density at radius 2 is 1.93 bits per heavy atom. The third-order valence-electron chi connectivity index (χ3n) is 4.94. The fourth-order valence-corrected chi connectivity index (χ4v) is 3.62. The van der Waals surface area contributed by atoms with Crippen LogP contribution in [0.5, 0.6) is 5.75 Å². The van der Waals surface area contributed by atoms with E-state index in [0.717, 1.165) is 0 Å². The summed E-state index contributed by atoms with van der Waals surface area (Å²) in [7, 11) is 1.51. The van der Waals surface area contributed by atoms with Crippen molar-refractivity contribution in [1.82, 2.24) is 10.2 Å². The molecule has 9 heteroatoms. The van der Waals surface area contributed by atoms with Crippen LogP contribution in [0.1, 0.15) is 25.7 Å². The van der Waals surface area contributed by atoms with E-state index in [1.54, 1.807) is 18.2 Å². The van der Waals surface area contributed by atoms with Crippen LogP contribution in [0.25, 0.3) is 0 Å². The number of anilines is 1. The molecule has 0 saturated carbocycles. The van der Waals surface area contributed by atoms with Gasteiger partial charge in [-0.05, 0) is 24.6 Å². The van der Waals surface area contributed by atoms with Crippen molar-refractivity contribution in [2.75, 3.05) is 31.6 Å². The van der Waals surface area contributed by atoms with Gasteiger partial charge in [-0.2, -0.15) is 0 Å². The second-order valence-corrected chi connectivity index (χ2v) is 7.24. The van der Waals surface area contributed by atoms with Gasteiger partial charge >= 0.3 is 0 Å². The van der Waals surface area contributed by atoms with Crippen LogP contribution in [-0.2, 0) is 19.2 Å². The molecule has 1 atom stereocenters. The van der Waals surface area contributed by atoms with Gasteiger partial charge in [0, 0.05) is 43.9 Å². The zero-order chi connectivity index (χ0) is 20.3. The van der Waals surface area contributed by atoms with Gasteiger partial charge in [0.15, 0.2) is 0 Å². The number of hydrogen-bond acceptors (Lipinski definition) is 5. The summed E-state index contributed by atoms with van der Waals surface area (Å²) < 4.78 is 5.29. The van der Waals surface area contributed by atoms with E-state index in [4.69, 9.17) is 16.3 Å². The van der Waals surface area contributed by atoms with Crippen LogP contribution in [0.4, 0.5) is 5.69 Å². The molecule has 4 amide bonds. The van der Waals surface area contributed by atoms with Gasteiger partial charge in [0.2, 0.25) is 23.6 Å². The molecule has 0 bridgehead atoms. The number of halogens is 1. The van der Waals surface area contributed by atoms with Crippen LogP contribution in [0.3, 0.4) is 0 Å². The highest BCUT2D eigenvalue weighted by molar-refractivity contribution is 6.31. The van der Waals surface area contributed by atoms with Gasteiger partial charge in [0.1, 0.15) is 5.75 Å². The molecule has 8 nitrogen and oxygen atoms in total. The highest BCUT2D eigenvalue weighted by Gasteiger charge is 2.36. The molecule has 1 unspecified atom stereocenters. The Morgan fingerprint density at radius 1 is 1.21 bits per heavy atom. The summed E-state index contributed by atoms with van der Waals surface area (Å²) in [6.07, 6.45) is 1.11. The smallest absolute Gasteiger partial charge is 0.229 e. The normalized spacial score (nSPS) is 19.5. The summed E-state index contributed by atoms with van der Waals surface area (Å²) in [6.45, 7) is 0.874. The van der Waals surface area contributed by atoms with E-state index in [9.17, 15) is 19.2 Å². The number of nitrogens with one attached hydrogen (secondary N) is 1. The lowest BCUT2D eigenvalue weighted by atomic mass is 10.1. The van der Waals surface area contributed by atoms with Crippen LogP contribution in [-0.4, -0.2) is 55.3 Å². The third-order valence-corrected chi connectivity index (χ3v) is 5.18. The van der Waals surface area contributed by atoms with E-state index in [2.05, 4.69) is 5.32 Å². The lowest BCUT2D eigenvalue weighted by Crippen LogP contribution is -2.36. The molecule has 3 rings (SSSR count). The molecule has 2 saturated heterocycles. The Bertz CT molecular complexity index is 797. The Balaban J connectivity index is 1.52. The van der Waals surface area contributed by atoms with Crippen LogP contribution in [0.2, 0.25) is 5.02 Å². The highest BCUT2D eigenvalue weighted by Crippen LogP contribution is 2.35. The minimum atomic E-state index is -0.480. The molecule has 1 N–H and O–H groups in total. The van der Waals surface area contributed by atoms with Crippen molar-refractivity contribution in [3.8, 4) is 5.75 Å². The zero-order valence-corrected chi connectivity index (χ0v) is 16.3. The molecule has 1 aromatic rings. The highest BCUT2D eigenvalue weighted by atomic mass is 35.5. The molecule has 0 aliphatic carbocycles. The van der Waals surface area contributed by atoms with E-state index in [-0.39, 0.29) is 49.4 Å². The predicted octanol–water partition coefficient (Wildman–Crippen LogP) is 1.36. The average Bonchev–Trinajstić information content (AvgIpc) is 3.21. The number of rotatable bonds is 7. The maximum atomic E-state index is 12.4. The molecule has 2 aliphatic rings. The van der Waals surface area contributed by atoms with Gasteiger partial charge in [-0.1, -0.05) is 11.6 Å². The quantitative estimate of drug-likeness (QED) is 0.543. The lowest BCUT2D eigenvalue weighted by Gasteiger charge is -2.20. The minimum Gasteiger partial charge on any atom is -0.495 e. The number of hydrogen-bond donors (Lipinski definition) is 1. The van der Waals surface area contributed by atoms with Crippen molar-refractivity contribution in [2.45, 2.75) is 25.7 Å². The average molecular weight is 408 g/mol. The number of likely N-dealkylation sites (tertiary alicyclic amines) is 1. The molecular formula is C19H22ClN3O5. The number of carbonyl (C=O) groups is 4. The minimum absolute atomic E-state index is 0.102. The standard InChI is InChI=1S/C19H22ClN3O5/c1-28-15-4-3-13(20)10-14(15)23-11-12(9-18(23)26)19(27)21-7-2-8-22-16(24)5-6-17(22)25/h3-4,10,12H,2,5-9,11H2,1H3,(H,21,27). The Hall–Kier alpha value is -2.61. The molecular weight excluding hydrogens is 386 g/mol. The van der Waals surface area contributed by atoms with Crippen LogP contribution in [0, 0.1) is 5.92 Å². The first kappa shape index (κ1) is 20.1. The molecule has 1 aromatic carbocycles. The molecule has 0 radical (unpaired) electrons. The summed E-state index contributed by atoms with van der Waals surface area (Å²) in [4.78, 5) is 50.7. The summed E-state index contributed by atoms with van der Waals surface area (Å²) >= 11 is 6.03. The predicted molar refractivity (Wildman–Crippen MR) is 102 cm³/mol. The molecule has 0 spiro atoms. The van der Waals surface area contributed by atoms with E-state index in [1.807, 2.05) is 0 Å². The van der Waals surface area contributed by atoms with Crippen molar-refractivity contribution >= 4 is 40.9 Å². The molecule has 2 heterocycles. The van der Waals surface area contributed by atoms with Gasteiger partial charge in [-0.15, -0.1) is 0 Å². The van der Waals surface area contributed by atoms with Gasteiger partial charge in [0.05, 0.1) is 18.7 Å². The lowest BCUT2D eigenvalue weighted by molar-refractivity contribution is -0.138. The second kappa shape index (κ2) is 8.60. The third kappa shape index (κ3) is 4.27. The molecule has 2 fully saturated rings. The summed E-state index contributed by atoms with van der Waals surface area (Å²) in [5.74, 6) is -0.692. The van der Waals surface area contributed by atoms with Gasteiger partial charge in [-0.25, -0.2) is 0 Å². The number of imide groups is 1. The Kier molecular flexibility index (Phi) is 6.18. The van der Waals surface area contributed by atoms with Gasteiger partial charge < -0.3 is 15.0 Å². The fraction of sp³-hybridized carbons (Fsp3) is 0.474. The number of benzene rings is 1. The van der Waals surface area contributed by atoms with Gasteiger partial charge in [0.25, 0.3) is 0 Å². The van der Waals surface area contributed by atoms with Gasteiger partial charge in [-0.3, -0.25) is 24.1 Å². The SMILES string of the molecule is COc1ccc(Cl)cc1N1CC(C(=O)NCCCN2C(=O)CCC2=O)CC1=O. The summed E-state index contributed by atoms with van der Waals surface area (Å²) in [5.41, 5.74) is 0.543. The van der Waals surface area contributed by atoms with Crippen molar-refractivity contribution < 1.29 is 23.9 Å². The maximum absolute atomic E-state index is 12.4. The van der Waals surface area contributed by atoms with Crippen LogP contribution >= 0.6 is 11.6 Å². The first-order chi connectivity index (χ1) is 13.4. The molecule has 28 heavy (non-hydrogen) atoms. The number of amides is 4. The fourth-order valence-electron chi connectivity index (χ4n) is 3.46. The Morgan fingerprint density at radius 3 is 2.61 bits per heavy atom. The van der Waals surface area contributed by atoms with Crippen molar-refractivity contribution in [1.29, 1.82) is 0 Å². The van der Waals surface area contributed by atoms with E-state index in [1.165, 1.54) is 16.9 Å². The maximum Gasteiger partial charge on any atom is 0.229 e. The van der Waals surface area contributed by atoms with Crippen molar-refractivity contribution in [2.24, 2.45) is 5.92 Å². The molecule has 2 aliphatic heterocycles. The van der Waals surface area contributed by atoms with Crippen LogP contribution < -0.4 is 15.0 Å². The van der Waals surface area contributed by atoms with E-state index in [0.29, 0.717) is 36.0 Å². The zero-order valence-electron chi connectivity index (χ0n) is 15.6. The van der Waals surface area contributed by atoms with E-state index >= 15 is 0 Å². The number of ether oxygens (including phenoxy) is 1. The summed E-state index contributed by atoms with van der Waals surface area (Å²) in [6, 6.07) is 4.99. The Labute approximate surface area is 167 Å². The number of carbonyl (C=O) groups excluding carboxylic acids is 4. The summed E-state index contributed by atoms with van der Waals surface area (Å²) in [5, 5.41) is 3.26. The number of methoxy groups -OCH3 is 1. The number of nitrogens with zero attached hydrogens (tertiary/aromatic N) is 2. The van der Waals surface area contributed by atoms with Crippen molar-refractivity contribution in [3.05, 3.63) is 23.2 Å². The topological polar surface area (TPSA) is 96.0 Å². The van der Waals surface area contributed by atoms with E-state index < -0.39 is 5.92 Å².